The molecule has 1 aliphatic rings. The molecule has 1 fully saturated rings. The van der Waals surface area contributed by atoms with Crippen LogP contribution in [0.4, 0.5) is 0 Å². The van der Waals surface area contributed by atoms with Crippen molar-refractivity contribution < 1.29 is 4.79 Å². The average Bonchev–Trinajstić information content (AvgIpc) is 3.35. The van der Waals surface area contributed by atoms with Crippen LogP contribution in [-0.4, -0.2) is 38.8 Å². The Morgan fingerprint density at radius 2 is 2.27 bits per heavy atom. The lowest BCUT2D eigenvalue weighted by Gasteiger charge is -2.36. The third-order valence-corrected chi connectivity index (χ3v) is 6.94. The highest BCUT2D eigenvalue weighted by Gasteiger charge is 2.32. The summed E-state index contributed by atoms with van der Waals surface area (Å²) in [5.74, 6) is 1.13. The lowest BCUT2D eigenvalue weighted by Crippen LogP contribution is -2.42. The average molecular weight is 386 g/mol. The van der Waals surface area contributed by atoms with Crippen LogP contribution in [0.2, 0.25) is 0 Å². The summed E-state index contributed by atoms with van der Waals surface area (Å²) in [6, 6.07) is 8.66. The van der Waals surface area contributed by atoms with Gasteiger partial charge in [-0.1, -0.05) is 12.1 Å². The van der Waals surface area contributed by atoms with Gasteiger partial charge in [-0.3, -0.25) is 4.79 Å². The molecule has 136 valence electrons. The Balaban J connectivity index is 1.62. The van der Waals surface area contributed by atoms with E-state index in [1.807, 2.05) is 24.3 Å². The first-order valence-electron chi connectivity index (χ1n) is 9.03. The summed E-state index contributed by atoms with van der Waals surface area (Å²) in [6.07, 6.45) is 7.15. The number of imidazole rings is 1. The summed E-state index contributed by atoms with van der Waals surface area (Å²) in [5.41, 5.74) is 2.07. The molecule has 3 heterocycles. The fourth-order valence-electron chi connectivity index (χ4n) is 3.58. The summed E-state index contributed by atoms with van der Waals surface area (Å²) < 4.78 is 1.27. The van der Waals surface area contributed by atoms with Crippen molar-refractivity contribution in [3.63, 3.8) is 0 Å². The van der Waals surface area contributed by atoms with E-state index in [2.05, 4.69) is 34.6 Å². The molecule has 2 unspecified atom stereocenters. The second kappa shape index (κ2) is 7.45. The van der Waals surface area contributed by atoms with Gasteiger partial charge in [0.2, 0.25) is 5.91 Å². The van der Waals surface area contributed by atoms with Gasteiger partial charge in [-0.25, -0.2) is 4.98 Å². The molecule has 1 aromatic carbocycles. The van der Waals surface area contributed by atoms with E-state index >= 15 is 0 Å². The van der Waals surface area contributed by atoms with Crippen LogP contribution in [0.5, 0.6) is 0 Å². The van der Waals surface area contributed by atoms with E-state index in [1.165, 1.54) is 10.1 Å². The Morgan fingerprint density at radius 3 is 3.12 bits per heavy atom. The molecule has 2 atom stereocenters. The van der Waals surface area contributed by atoms with Gasteiger partial charge in [0.05, 0.1) is 17.0 Å². The van der Waals surface area contributed by atoms with E-state index in [0.717, 1.165) is 42.9 Å². The SMILES string of the molecule is CSC(C)C(=O)N1CCCCC1c1nc(-c2ccc3ccsc3c2)c[nH]1. The number of aromatic nitrogens is 2. The second-order valence-corrected chi connectivity index (χ2v) is 8.89. The maximum absolute atomic E-state index is 12.8. The first kappa shape index (κ1) is 17.6. The number of H-pyrrole nitrogens is 1. The zero-order valence-corrected chi connectivity index (χ0v) is 16.7. The van der Waals surface area contributed by atoms with Gasteiger partial charge in [0.25, 0.3) is 0 Å². The summed E-state index contributed by atoms with van der Waals surface area (Å²) >= 11 is 3.35. The number of hydrogen-bond donors (Lipinski definition) is 1. The van der Waals surface area contributed by atoms with Gasteiger partial charge in [-0.2, -0.15) is 11.8 Å². The van der Waals surface area contributed by atoms with Gasteiger partial charge >= 0.3 is 0 Å². The minimum atomic E-state index is -0.00808. The van der Waals surface area contributed by atoms with Crippen LogP contribution in [0.1, 0.15) is 38.1 Å². The quantitative estimate of drug-likeness (QED) is 0.680. The fourth-order valence-corrected chi connectivity index (χ4v) is 4.75. The van der Waals surface area contributed by atoms with E-state index < -0.39 is 0 Å². The van der Waals surface area contributed by atoms with E-state index in [9.17, 15) is 4.79 Å². The molecule has 1 aliphatic heterocycles. The first-order chi connectivity index (χ1) is 12.7. The molecule has 1 amide bonds. The Hall–Kier alpha value is -1.79. The number of nitrogens with zero attached hydrogens (tertiary/aromatic N) is 2. The number of thiophene rings is 1. The first-order valence-corrected chi connectivity index (χ1v) is 11.2. The van der Waals surface area contributed by atoms with E-state index in [1.54, 1.807) is 23.1 Å². The monoisotopic (exact) mass is 385 g/mol. The Kier molecular flexibility index (Phi) is 5.05. The number of hydrogen-bond acceptors (Lipinski definition) is 4. The number of carbonyl (C=O) groups is 1. The number of likely N-dealkylation sites (tertiary alicyclic amines) is 1. The fraction of sp³-hybridized carbons (Fsp3) is 0.400. The van der Waals surface area contributed by atoms with Crippen molar-refractivity contribution in [1.82, 2.24) is 14.9 Å². The van der Waals surface area contributed by atoms with Gasteiger partial charge in [-0.05, 0) is 55.3 Å². The number of rotatable bonds is 4. The van der Waals surface area contributed by atoms with Crippen molar-refractivity contribution in [2.24, 2.45) is 0 Å². The number of aromatic amines is 1. The summed E-state index contributed by atoms with van der Waals surface area (Å²) in [4.78, 5) is 23.0. The van der Waals surface area contributed by atoms with Crippen LogP contribution in [0.15, 0.2) is 35.8 Å². The van der Waals surface area contributed by atoms with E-state index in [0.29, 0.717) is 0 Å². The van der Waals surface area contributed by atoms with E-state index in [-0.39, 0.29) is 17.2 Å². The summed E-state index contributed by atoms with van der Waals surface area (Å²) in [7, 11) is 0. The summed E-state index contributed by atoms with van der Waals surface area (Å²) in [5, 5.41) is 3.37. The van der Waals surface area contributed by atoms with Crippen LogP contribution in [-0.2, 0) is 4.79 Å². The molecule has 26 heavy (non-hydrogen) atoms. The third-order valence-electron chi connectivity index (χ3n) is 5.15. The molecule has 0 bridgehead atoms. The zero-order chi connectivity index (χ0) is 18.1. The molecular weight excluding hydrogens is 362 g/mol. The lowest BCUT2D eigenvalue weighted by atomic mass is 10.0. The third kappa shape index (κ3) is 3.28. The maximum atomic E-state index is 12.8. The number of benzene rings is 1. The van der Waals surface area contributed by atoms with Crippen molar-refractivity contribution in [2.75, 3.05) is 12.8 Å². The van der Waals surface area contributed by atoms with Gasteiger partial charge < -0.3 is 9.88 Å². The molecule has 0 saturated carbocycles. The second-order valence-electron chi connectivity index (χ2n) is 6.77. The molecule has 0 spiro atoms. The highest BCUT2D eigenvalue weighted by Crippen LogP contribution is 2.33. The van der Waals surface area contributed by atoms with Gasteiger partial charge in [0.15, 0.2) is 0 Å². The van der Waals surface area contributed by atoms with Crippen LogP contribution >= 0.6 is 23.1 Å². The molecule has 4 rings (SSSR count). The van der Waals surface area contributed by atoms with Gasteiger partial charge in [0.1, 0.15) is 5.82 Å². The number of carbonyl (C=O) groups excluding carboxylic acids is 1. The molecule has 6 heteroatoms. The standard InChI is InChI=1S/C20H23N3OS2/c1-13(25-2)20(24)23-9-4-3-5-17(23)19-21-12-16(22-19)15-7-6-14-8-10-26-18(14)11-15/h6-8,10-13,17H,3-5,9H2,1-2H3,(H,21,22). The molecule has 2 aromatic heterocycles. The van der Waals surface area contributed by atoms with Crippen LogP contribution in [0, 0.1) is 0 Å². The van der Waals surface area contributed by atoms with Crippen molar-refractivity contribution in [3.8, 4) is 11.3 Å². The number of thioether (sulfide) groups is 1. The minimum absolute atomic E-state index is 0.00808. The minimum Gasteiger partial charge on any atom is -0.346 e. The number of piperidine rings is 1. The van der Waals surface area contributed by atoms with Gasteiger partial charge in [0, 0.05) is 23.0 Å². The molecule has 3 aromatic rings. The molecule has 4 nitrogen and oxygen atoms in total. The largest absolute Gasteiger partial charge is 0.346 e. The topological polar surface area (TPSA) is 49.0 Å². The van der Waals surface area contributed by atoms with Crippen molar-refractivity contribution >= 4 is 39.1 Å². The normalized spacial score (nSPS) is 19.0. The summed E-state index contributed by atoms with van der Waals surface area (Å²) in [6.45, 7) is 2.81. The van der Waals surface area contributed by atoms with Crippen LogP contribution in [0.3, 0.4) is 0 Å². The number of amides is 1. The smallest absolute Gasteiger partial charge is 0.236 e. The highest BCUT2D eigenvalue weighted by atomic mass is 32.2. The Labute approximate surface area is 162 Å². The van der Waals surface area contributed by atoms with Crippen LogP contribution < -0.4 is 0 Å². The highest BCUT2D eigenvalue weighted by molar-refractivity contribution is 7.99. The van der Waals surface area contributed by atoms with Crippen molar-refractivity contribution in [2.45, 2.75) is 37.5 Å². The molecular formula is C20H23N3OS2. The lowest BCUT2D eigenvalue weighted by molar-refractivity contribution is -0.134. The predicted octanol–water partition coefficient (Wildman–Crippen LogP) is 5.10. The van der Waals surface area contributed by atoms with Crippen molar-refractivity contribution in [1.29, 1.82) is 0 Å². The molecule has 1 saturated heterocycles. The molecule has 0 aliphatic carbocycles. The van der Waals surface area contributed by atoms with Gasteiger partial charge in [-0.15, -0.1) is 11.3 Å². The molecule has 1 N–H and O–H groups in total. The Morgan fingerprint density at radius 1 is 1.38 bits per heavy atom. The van der Waals surface area contributed by atoms with Crippen molar-refractivity contribution in [3.05, 3.63) is 41.7 Å². The predicted molar refractivity (Wildman–Crippen MR) is 111 cm³/mol. The Bertz CT molecular complexity index is 917. The zero-order valence-electron chi connectivity index (χ0n) is 15.1. The number of nitrogens with one attached hydrogen (secondary N) is 1. The van der Waals surface area contributed by atoms with E-state index in [4.69, 9.17) is 4.98 Å². The molecule has 0 radical (unpaired) electrons. The van der Waals surface area contributed by atoms with Crippen LogP contribution in [0.25, 0.3) is 21.3 Å². The number of fused-ring (bicyclic) bond motifs is 1. The maximum Gasteiger partial charge on any atom is 0.236 e.